The minimum absolute atomic E-state index is 0.296. The molecule has 0 aromatic heterocycles. The number of hydrogen-bond donors (Lipinski definition) is 0. The van der Waals surface area contributed by atoms with Crippen molar-refractivity contribution in [1.82, 2.24) is 0 Å². The number of nitrogens with zero attached hydrogens (tertiary/aromatic N) is 2. The molecule has 0 fully saturated rings. The molecule has 0 saturated carbocycles. The van der Waals surface area contributed by atoms with E-state index in [9.17, 15) is 18.0 Å². The number of fused-ring (bicyclic) bond motifs is 1. The molecule has 8 heteroatoms. The van der Waals surface area contributed by atoms with Crippen molar-refractivity contribution in [2.45, 2.75) is 12.8 Å². The molecular weight excluding hydrogens is 380 g/mol. The molecule has 148 valence electrons. The molecule has 0 bridgehead atoms. The van der Waals surface area contributed by atoms with Crippen LogP contribution < -0.4 is 9.21 Å². The van der Waals surface area contributed by atoms with Crippen LogP contribution in [-0.2, 0) is 26.0 Å². The number of benzene rings is 2. The smallest absolute Gasteiger partial charge is 0.338 e. The number of sulfonamides is 1. The summed E-state index contributed by atoms with van der Waals surface area (Å²) in [5.74, 6) is -0.963. The largest absolute Gasteiger partial charge is 0.452 e. The van der Waals surface area contributed by atoms with E-state index in [1.165, 1.54) is 21.5 Å². The molecule has 1 aliphatic heterocycles. The third-order valence-electron chi connectivity index (χ3n) is 4.64. The van der Waals surface area contributed by atoms with Crippen LogP contribution in [-0.4, -0.2) is 46.7 Å². The third kappa shape index (κ3) is 4.33. The Balaban J connectivity index is 1.68. The second-order valence-electron chi connectivity index (χ2n) is 6.65. The highest BCUT2D eigenvalue weighted by Crippen LogP contribution is 2.30. The van der Waals surface area contributed by atoms with Gasteiger partial charge < -0.3 is 9.64 Å². The Kier molecular flexibility index (Phi) is 5.69. The van der Waals surface area contributed by atoms with Crippen molar-refractivity contribution in [2.24, 2.45) is 0 Å². The van der Waals surface area contributed by atoms with Crippen molar-refractivity contribution >= 4 is 33.3 Å². The zero-order valence-electron chi connectivity index (χ0n) is 15.8. The molecule has 0 atom stereocenters. The highest BCUT2D eigenvalue weighted by atomic mass is 32.2. The average Bonchev–Trinajstić information content (AvgIpc) is 2.70. The number of esters is 1. The van der Waals surface area contributed by atoms with Gasteiger partial charge in [0.1, 0.15) is 0 Å². The maximum Gasteiger partial charge on any atom is 0.338 e. The van der Waals surface area contributed by atoms with Crippen LogP contribution in [0.3, 0.4) is 0 Å². The Labute approximate surface area is 164 Å². The fourth-order valence-electron chi connectivity index (χ4n) is 3.14. The maximum atomic E-state index is 12.3. The summed E-state index contributed by atoms with van der Waals surface area (Å²) >= 11 is 0. The van der Waals surface area contributed by atoms with Gasteiger partial charge in [0.15, 0.2) is 6.61 Å². The van der Waals surface area contributed by atoms with E-state index in [2.05, 4.69) is 0 Å². The van der Waals surface area contributed by atoms with Gasteiger partial charge in [-0.15, -0.1) is 0 Å². The number of anilines is 2. The Morgan fingerprint density at radius 2 is 1.86 bits per heavy atom. The third-order valence-corrected chi connectivity index (χ3v) is 5.82. The number of para-hydroxylation sites is 1. The normalized spacial score (nSPS) is 13.6. The van der Waals surface area contributed by atoms with E-state index in [1.807, 2.05) is 18.2 Å². The van der Waals surface area contributed by atoms with Crippen LogP contribution in [0, 0.1) is 0 Å². The van der Waals surface area contributed by atoms with Gasteiger partial charge in [0.25, 0.3) is 5.91 Å². The van der Waals surface area contributed by atoms with Crippen LogP contribution in [0.2, 0.25) is 0 Å². The van der Waals surface area contributed by atoms with E-state index in [1.54, 1.807) is 31.3 Å². The number of aryl methyl sites for hydroxylation is 1. The molecule has 7 nitrogen and oxygen atoms in total. The van der Waals surface area contributed by atoms with Crippen LogP contribution in [0.4, 0.5) is 11.4 Å². The Morgan fingerprint density at radius 3 is 2.54 bits per heavy atom. The molecule has 1 aliphatic rings. The van der Waals surface area contributed by atoms with Gasteiger partial charge in [0.2, 0.25) is 10.0 Å². The molecule has 2 aromatic rings. The SMILES string of the molecule is CN(C(=O)COC(=O)c1ccc2c(c1)CCCN2S(C)(=O)=O)c1ccccc1. The monoisotopic (exact) mass is 402 g/mol. The van der Waals surface area contributed by atoms with E-state index in [-0.39, 0.29) is 12.5 Å². The fraction of sp³-hybridized carbons (Fsp3) is 0.300. The fourth-order valence-corrected chi connectivity index (χ4v) is 4.13. The summed E-state index contributed by atoms with van der Waals surface area (Å²) in [6, 6.07) is 13.8. The van der Waals surface area contributed by atoms with E-state index >= 15 is 0 Å². The van der Waals surface area contributed by atoms with E-state index in [0.29, 0.717) is 36.3 Å². The summed E-state index contributed by atoms with van der Waals surface area (Å²) in [4.78, 5) is 26.0. The summed E-state index contributed by atoms with van der Waals surface area (Å²) in [7, 11) is -1.75. The maximum absolute atomic E-state index is 12.3. The molecule has 2 aromatic carbocycles. The molecule has 0 aliphatic carbocycles. The summed E-state index contributed by atoms with van der Waals surface area (Å²) < 4.78 is 30.3. The van der Waals surface area contributed by atoms with Gasteiger partial charge in [-0.05, 0) is 48.7 Å². The first-order valence-corrected chi connectivity index (χ1v) is 10.7. The zero-order valence-corrected chi connectivity index (χ0v) is 16.6. The van der Waals surface area contributed by atoms with Crippen molar-refractivity contribution in [3.05, 3.63) is 59.7 Å². The molecule has 1 heterocycles. The lowest BCUT2D eigenvalue weighted by atomic mass is 10.0. The molecule has 0 saturated heterocycles. The Morgan fingerprint density at radius 1 is 1.14 bits per heavy atom. The molecule has 0 unspecified atom stereocenters. The second kappa shape index (κ2) is 8.02. The zero-order chi connectivity index (χ0) is 20.3. The Hall–Kier alpha value is -2.87. The van der Waals surface area contributed by atoms with Crippen molar-refractivity contribution in [2.75, 3.05) is 35.7 Å². The quantitative estimate of drug-likeness (QED) is 0.716. The summed E-state index contributed by atoms with van der Waals surface area (Å²) in [5, 5.41) is 0. The van der Waals surface area contributed by atoms with Crippen LogP contribution in [0.5, 0.6) is 0 Å². The van der Waals surface area contributed by atoms with Gasteiger partial charge in [0.05, 0.1) is 17.5 Å². The predicted octanol–water partition coefficient (Wildman–Crippen LogP) is 2.22. The minimum Gasteiger partial charge on any atom is -0.452 e. The summed E-state index contributed by atoms with van der Waals surface area (Å²) in [6.07, 6.45) is 2.52. The first kappa shape index (κ1) is 19.9. The van der Waals surface area contributed by atoms with Gasteiger partial charge in [0, 0.05) is 19.3 Å². The van der Waals surface area contributed by atoms with Crippen molar-refractivity contribution in [1.29, 1.82) is 0 Å². The lowest BCUT2D eigenvalue weighted by molar-refractivity contribution is -0.121. The van der Waals surface area contributed by atoms with Crippen LogP contribution in [0.15, 0.2) is 48.5 Å². The van der Waals surface area contributed by atoms with Gasteiger partial charge in [-0.3, -0.25) is 9.10 Å². The highest BCUT2D eigenvalue weighted by molar-refractivity contribution is 7.92. The first-order chi connectivity index (χ1) is 13.3. The second-order valence-corrected chi connectivity index (χ2v) is 8.55. The molecule has 1 amide bonds. The molecule has 0 N–H and O–H groups in total. The average molecular weight is 402 g/mol. The van der Waals surface area contributed by atoms with Crippen molar-refractivity contribution < 1.29 is 22.7 Å². The molecule has 28 heavy (non-hydrogen) atoms. The highest BCUT2D eigenvalue weighted by Gasteiger charge is 2.25. The number of hydrogen-bond acceptors (Lipinski definition) is 5. The summed E-state index contributed by atoms with van der Waals surface area (Å²) in [5.41, 5.74) is 2.37. The first-order valence-electron chi connectivity index (χ1n) is 8.87. The number of likely N-dealkylation sites (N-methyl/N-ethyl adjacent to an activating group) is 1. The molecule has 3 rings (SSSR count). The predicted molar refractivity (Wildman–Crippen MR) is 107 cm³/mol. The Bertz CT molecular complexity index is 989. The number of amides is 1. The van der Waals surface area contributed by atoms with Crippen LogP contribution in [0.25, 0.3) is 0 Å². The molecule has 0 radical (unpaired) electrons. The molecule has 0 spiro atoms. The standard InChI is InChI=1S/C20H22N2O5S/c1-21(17-8-4-3-5-9-17)19(23)14-27-20(24)16-10-11-18-15(13-16)7-6-12-22(18)28(2,25)26/h3-5,8-11,13H,6-7,12,14H2,1-2H3. The van der Waals surface area contributed by atoms with Gasteiger partial charge >= 0.3 is 5.97 Å². The van der Waals surface area contributed by atoms with E-state index in [4.69, 9.17) is 4.74 Å². The number of carbonyl (C=O) groups excluding carboxylic acids is 2. The van der Waals surface area contributed by atoms with Crippen LogP contribution >= 0.6 is 0 Å². The van der Waals surface area contributed by atoms with Gasteiger partial charge in [-0.25, -0.2) is 13.2 Å². The van der Waals surface area contributed by atoms with Gasteiger partial charge in [-0.2, -0.15) is 0 Å². The van der Waals surface area contributed by atoms with Crippen molar-refractivity contribution in [3.63, 3.8) is 0 Å². The minimum atomic E-state index is -3.36. The van der Waals surface area contributed by atoms with Crippen molar-refractivity contribution in [3.8, 4) is 0 Å². The lowest BCUT2D eigenvalue weighted by Crippen LogP contribution is -2.34. The lowest BCUT2D eigenvalue weighted by Gasteiger charge is -2.29. The molecular formula is C20H22N2O5S. The topological polar surface area (TPSA) is 84.0 Å². The van der Waals surface area contributed by atoms with E-state index in [0.717, 1.165) is 5.56 Å². The van der Waals surface area contributed by atoms with Gasteiger partial charge in [-0.1, -0.05) is 18.2 Å². The number of ether oxygens (including phenoxy) is 1. The number of carbonyl (C=O) groups is 2. The van der Waals surface area contributed by atoms with E-state index < -0.39 is 16.0 Å². The summed E-state index contributed by atoms with van der Waals surface area (Å²) in [6.45, 7) is 0.0483. The number of rotatable bonds is 5. The van der Waals surface area contributed by atoms with Crippen LogP contribution in [0.1, 0.15) is 22.3 Å².